The number of halogens is 1. The van der Waals surface area contributed by atoms with Gasteiger partial charge in [0.05, 0.1) is 11.5 Å². The predicted molar refractivity (Wildman–Crippen MR) is 80.4 cm³/mol. The van der Waals surface area contributed by atoms with E-state index in [0.717, 1.165) is 37.1 Å². The van der Waals surface area contributed by atoms with E-state index in [-0.39, 0.29) is 17.4 Å². The van der Waals surface area contributed by atoms with Crippen LogP contribution in [0.25, 0.3) is 0 Å². The van der Waals surface area contributed by atoms with E-state index in [1.807, 2.05) is 19.2 Å². The number of aryl methyl sites for hydroxylation is 1. The number of fused-ring (bicyclic) bond motifs is 1. The van der Waals surface area contributed by atoms with Crippen LogP contribution in [0.4, 0.5) is 5.69 Å². The fraction of sp³-hybridized carbons (Fsp3) is 0.562. The minimum atomic E-state index is -0.0939. The third-order valence-electron chi connectivity index (χ3n) is 4.31. The zero-order chi connectivity index (χ0) is 14.1. The third kappa shape index (κ3) is 2.57. The number of alkyl halides is 1. The van der Waals surface area contributed by atoms with Gasteiger partial charge >= 0.3 is 0 Å². The van der Waals surface area contributed by atoms with Gasteiger partial charge in [-0.3, -0.25) is 4.79 Å². The third-order valence-corrected chi connectivity index (χ3v) is 4.84. The van der Waals surface area contributed by atoms with Crippen molar-refractivity contribution in [3.05, 3.63) is 29.3 Å². The summed E-state index contributed by atoms with van der Waals surface area (Å²) in [6, 6.07) is 6.19. The molecule has 1 aromatic carbocycles. The van der Waals surface area contributed by atoms with Gasteiger partial charge in [0.1, 0.15) is 0 Å². The first-order valence-electron chi connectivity index (χ1n) is 7.32. The van der Waals surface area contributed by atoms with E-state index < -0.39 is 0 Å². The molecule has 1 saturated heterocycles. The van der Waals surface area contributed by atoms with E-state index in [1.165, 1.54) is 12.0 Å². The van der Waals surface area contributed by atoms with Crippen molar-refractivity contribution in [2.45, 2.75) is 43.6 Å². The van der Waals surface area contributed by atoms with Crippen molar-refractivity contribution in [1.29, 1.82) is 0 Å². The largest absolute Gasteiger partial charge is 0.376 e. The summed E-state index contributed by atoms with van der Waals surface area (Å²) in [6.45, 7) is 0.816. The summed E-state index contributed by atoms with van der Waals surface area (Å²) in [7, 11) is 1.84. The van der Waals surface area contributed by atoms with Gasteiger partial charge in [-0.25, -0.2) is 0 Å². The van der Waals surface area contributed by atoms with Gasteiger partial charge in [0.25, 0.3) is 0 Å². The molecule has 1 amide bonds. The van der Waals surface area contributed by atoms with E-state index in [9.17, 15) is 4.79 Å². The monoisotopic (exact) mass is 293 g/mol. The van der Waals surface area contributed by atoms with Crippen LogP contribution >= 0.6 is 11.6 Å². The molecule has 2 aliphatic rings. The smallest absolute Gasteiger partial charge is 0.227 e. The first kappa shape index (κ1) is 13.9. The molecular weight excluding hydrogens is 274 g/mol. The SMILES string of the molecule is CN1C(=O)CCc2cc(C(Cl)C3CCCCO3)ccc21. The van der Waals surface area contributed by atoms with Gasteiger partial charge in [-0.15, -0.1) is 11.6 Å². The van der Waals surface area contributed by atoms with E-state index in [4.69, 9.17) is 16.3 Å². The maximum Gasteiger partial charge on any atom is 0.227 e. The number of amides is 1. The number of benzene rings is 1. The number of hydrogen-bond acceptors (Lipinski definition) is 2. The lowest BCUT2D eigenvalue weighted by molar-refractivity contribution is -0.118. The van der Waals surface area contributed by atoms with Gasteiger partial charge in [-0.2, -0.15) is 0 Å². The first-order valence-corrected chi connectivity index (χ1v) is 7.75. The average molecular weight is 294 g/mol. The molecule has 3 rings (SSSR count). The van der Waals surface area contributed by atoms with Crippen LogP contribution in [0.5, 0.6) is 0 Å². The first-order chi connectivity index (χ1) is 9.66. The molecule has 108 valence electrons. The molecule has 4 heteroatoms. The quantitative estimate of drug-likeness (QED) is 0.782. The highest BCUT2D eigenvalue weighted by Crippen LogP contribution is 2.35. The molecule has 0 radical (unpaired) electrons. The minimum absolute atomic E-state index is 0.0939. The summed E-state index contributed by atoms with van der Waals surface area (Å²) in [5, 5.41) is -0.0939. The van der Waals surface area contributed by atoms with Crippen LogP contribution in [0.1, 0.15) is 42.2 Å². The second-order valence-electron chi connectivity index (χ2n) is 5.65. The molecule has 1 aromatic rings. The molecule has 2 unspecified atom stereocenters. The highest BCUT2D eigenvalue weighted by molar-refractivity contribution is 6.21. The van der Waals surface area contributed by atoms with Crippen LogP contribution in [-0.4, -0.2) is 25.7 Å². The Morgan fingerprint density at radius 3 is 2.95 bits per heavy atom. The number of carbonyl (C=O) groups excluding carboxylic acids is 1. The molecule has 0 saturated carbocycles. The summed E-state index contributed by atoms with van der Waals surface area (Å²) >= 11 is 6.59. The Kier molecular flexibility index (Phi) is 3.99. The second-order valence-corrected chi connectivity index (χ2v) is 6.12. The van der Waals surface area contributed by atoms with Crippen molar-refractivity contribution in [3.63, 3.8) is 0 Å². The van der Waals surface area contributed by atoms with Gasteiger partial charge < -0.3 is 9.64 Å². The molecule has 2 atom stereocenters. The molecular formula is C16H20ClNO2. The van der Waals surface area contributed by atoms with Crippen LogP contribution in [0.15, 0.2) is 18.2 Å². The molecule has 0 bridgehead atoms. The Morgan fingerprint density at radius 2 is 2.20 bits per heavy atom. The van der Waals surface area contributed by atoms with E-state index in [2.05, 4.69) is 6.07 Å². The highest BCUT2D eigenvalue weighted by atomic mass is 35.5. The molecule has 0 aromatic heterocycles. The van der Waals surface area contributed by atoms with Crippen LogP contribution in [0.3, 0.4) is 0 Å². The molecule has 1 fully saturated rings. The number of rotatable bonds is 2. The van der Waals surface area contributed by atoms with E-state index in [0.29, 0.717) is 6.42 Å². The number of anilines is 1. The second kappa shape index (κ2) is 5.74. The molecule has 2 aliphatic heterocycles. The van der Waals surface area contributed by atoms with E-state index in [1.54, 1.807) is 4.90 Å². The molecule has 3 nitrogen and oxygen atoms in total. The summed E-state index contributed by atoms with van der Waals surface area (Å²) < 4.78 is 5.78. The van der Waals surface area contributed by atoms with Crippen molar-refractivity contribution in [1.82, 2.24) is 0 Å². The van der Waals surface area contributed by atoms with Gasteiger partial charge in [0.2, 0.25) is 5.91 Å². The number of carbonyl (C=O) groups is 1. The zero-order valence-electron chi connectivity index (χ0n) is 11.8. The fourth-order valence-corrected chi connectivity index (χ4v) is 3.39. The Hall–Kier alpha value is -1.06. The Balaban J connectivity index is 1.83. The van der Waals surface area contributed by atoms with Crippen LogP contribution in [-0.2, 0) is 16.0 Å². The van der Waals surface area contributed by atoms with Gasteiger partial charge in [-0.1, -0.05) is 12.1 Å². The maximum atomic E-state index is 11.7. The van der Waals surface area contributed by atoms with E-state index >= 15 is 0 Å². The summed E-state index contributed by atoms with van der Waals surface area (Å²) in [5.41, 5.74) is 3.34. The van der Waals surface area contributed by atoms with Crippen molar-refractivity contribution < 1.29 is 9.53 Å². The fourth-order valence-electron chi connectivity index (χ4n) is 3.06. The van der Waals surface area contributed by atoms with Crippen LogP contribution < -0.4 is 4.90 Å². The lowest BCUT2D eigenvalue weighted by atomic mass is 9.95. The summed E-state index contributed by atoms with van der Waals surface area (Å²) in [6.07, 6.45) is 4.87. The van der Waals surface area contributed by atoms with Crippen LogP contribution in [0, 0.1) is 0 Å². The van der Waals surface area contributed by atoms with Crippen LogP contribution in [0.2, 0.25) is 0 Å². The number of nitrogens with zero attached hydrogens (tertiary/aromatic N) is 1. The molecule has 0 N–H and O–H groups in total. The number of hydrogen-bond donors (Lipinski definition) is 0. The molecule has 20 heavy (non-hydrogen) atoms. The van der Waals surface area contributed by atoms with Crippen molar-refractivity contribution in [2.24, 2.45) is 0 Å². The molecule has 0 spiro atoms. The Bertz CT molecular complexity index is 511. The molecule has 2 heterocycles. The lowest BCUT2D eigenvalue weighted by Gasteiger charge is -2.29. The topological polar surface area (TPSA) is 29.5 Å². The Morgan fingerprint density at radius 1 is 1.35 bits per heavy atom. The average Bonchev–Trinajstić information content (AvgIpc) is 2.51. The molecule has 0 aliphatic carbocycles. The zero-order valence-corrected chi connectivity index (χ0v) is 12.5. The van der Waals surface area contributed by atoms with Gasteiger partial charge in [0.15, 0.2) is 0 Å². The number of ether oxygens (including phenoxy) is 1. The lowest BCUT2D eigenvalue weighted by Crippen LogP contribution is -2.31. The Labute approximate surface area is 124 Å². The highest BCUT2D eigenvalue weighted by Gasteiger charge is 2.26. The maximum absolute atomic E-state index is 11.7. The standard InChI is InChI=1S/C16H20ClNO2/c1-18-13-7-5-12(10-11(13)6-8-15(18)19)16(17)14-4-2-3-9-20-14/h5,7,10,14,16H,2-4,6,8-9H2,1H3. The minimum Gasteiger partial charge on any atom is -0.376 e. The van der Waals surface area contributed by atoms with Gasteiger partial charge in [-0.05, 0) is 42.9 Å². The summed E-state index contributed by atoms with van der Waals surface area (Å²) in [5.74, 6) is 0.184. The van der Waals surface area contributed by atoms with Crippen molar-refractivity contribution >= 4 is 23.2 Å². The normalized spacial score (nSPS) is 24.4. The van der Waals surface area contributed by atoms with Gasteiger partial charge in [0, 0.05) is 25.8 Å². The van der Waals surface area contributed by atoms with Crippen molar-refractivity contribution in [2.75, 3.05) is 18.6 Å². The van der Waals surface area contributed by atoms with Crippen molar-refractivity contribution in [3.8, 4) is 0 Å². The summed E-state index contributed by atoms with van der Waals surface area (Å²) in [4.78, 5) is 13.4. The predicted octanol–water partition coefficient (Wildman–Crippen LogP) is 3.44.